The summed E-state index contributed by atoms with van der Waals surface area (Å²) in [5.74, 6) is -0.181. The number of carbonyl (C=O) groups is 1. The van der Waals surface area contributed by atoms with Gasteiger partial charge in [-0.1, -0.05) is 60.7 Å². The van der Waals surface area contributed by atoms with Crippen molar-refractivity contribution >= 4 is 5.91 Å². The number of carbonyl (C=O) groups excluding carboxylic acids is 1. The van der Waals surface area contributed by atoms with Crippen molar-refractivity contribution in [2.75, 3.05) is 46.3 Å². The van der Waals surface area contributed by atoms with Gasteiger partial charge in [-0.15, -0.1) is 0 Å². The van der Waals surface area contributed by atoms with Gasteiger partial charge in [0.05, 0.1) is 18.1 Å². The number of likely N-dealkylation sites (tertiary alicyclic amines) is 1. The van der Waals surface area contributed by atoms with Crippen LogP contribution in [0.4, 0.5) is 0 Å². The fourth-order valence-corrected chi connectivity index (χ4v) is 4.67. The molecule has 2 aromatic rings. The molecule has 2 heterocycles. The zero-order valence-corrected chi connectivity index (χ0v) is 17.2. The summed E-state index contributed by atoms with van der Waals surface area (Å²) in [6.45, 7) is 4.59. The van der Waals surface area contributed by atoms with Crippen LogP contribution in [0.3, 0.4) is 0 Å². The first-order chi connectivity index (χ1) is 14.1. The topological polar surface area (TPSA) is 47.0 Å². The molecule has 4 rings (SSSR count). The Morgan fingerprint density at radius 2 is 1.45 bits per heavy atom. The molecule has 0 saturated carbocycles. The summed E-state index contributed by atoms with van der Waals surface area (Å²) in [4.78, 5) is 19.6. The minimum absolute atomic E-state index is 0.111. The lowest BCUT2D eigenvalue weighted by Gasteiger charge is -2.42. The quantitative estimate of drug-likeness (QED) is 0.865. The minimum atomic E-state index is -0.516. The average Bonchev–Trinajstić information content (AvgIpc) is 2.77. The summed E-state index contributed by atoms with van der Waals surface area (Å²) in [5.41, 5.74) is 2.56. The van der Waals surface area contributed by atoms with Crippen molar-refractivity contribution in [2.24, 2.45) is 5.92 Å². The Labute approximate surface area is 173 Å². The van der Waals surface area contributed by atoms with E-state index in [9.17, 15) is 9.90 Å². The number of benzene rings is 2. The first-order valence-corrected chi connectivity index (χ1v) is 10.6. The SMILES string of the molecule is CN1CC[C@@H](O)[C@H](C(=O)N2CCN(C(c3ccccc3)c3ccccc3)CC2)C1. The molecule has 0 aliphatic carbocycles. The predicted molar refractivity (Wildman–Crippen MR) is 114 cm³/mol. The van der Waals surface area contributed by atoms with E-state index in [0.717, 1.165) is 19.6 Å². The summed E-state index contributed by atoms with van der Waals surface area (Å²) in [6, 6.07) is 21.4. The Balaban J connectivity index is 1.46. The summed E-state index contributed by atoms with van der Waals surface area (Å²) >= 11 is 0. The monoisotopic (exact) mass is 393 g/mol. The average molecular weight is 394 g/mol. The van der Waals surface area contributed by atoms with Crippen molar-refractivity contribution in [1.82, 2.24) is 14.7 Å². The van der Waals surface area contributed by atoms with Gasteiger partial charge >= 0.3 is 0 Å². The van der Waals surface area contributed by atoms with Gasteiger partial charge in [0.15, 0.2) is 0 Å². The van der Waals surface area contributed by atoms with Gasteiger partial charge in [-0.25, -0.2) is 0 Å². The number of nitrogens with zero attached hydrogens (tertiary/aromatic N) is 3. The highest BCUT2D eigenvalue weighted by Crippen LogP contribution is 2.30. The van der Waals surface area contributed by atoms with E-state index in [2.05, 4.69) is 70.5 Å². The highest BCUT2D eigenvalue weighted by Gasteiger charge is 2.36. The maximum absolute atomic E-state index is 13.0. The molecule has 2 atom stereocenters. The van der Waals surface area contributed by atoms with Crippen molar-refractivity contribution in [3.63, 3.8) is 0 Å². The standard InChI is InChI=1S/C24H31N3O2/c1-25-13-12-22(28)21(18-25)24(29)27-16-14-26(15-17-27)23(19-8-4-2-5-9-19)20-10-6-3-7-11-20/h2-11,21-23,28H,12-18H2,1H3/t21-,22-/m1/s1. The smallest absolute Gasteiger partial charge is 0.229 e. The molecule has 2 saturated heterocycles. The normalized spacial score (nSPS) is 24.0. The highest BCUT2D eigenvalue weighted by molar-refractivity contribution is 5.80. The van der Waals surface area contributed by atoms with Crippen LogP contribution in [-0.4, -0.2) is 78.1 Å². The van der Waals surface area contributed by atoms with E-state index in [-0.39, 0.29) is 17.9 Å². The highest BCUT2D eigenvalue weighted by atomic mass is 16.3. The second-order valence-electron chi connectivity index (χ2n) is 8.31. The van der Waals surface area contributed by atoms with E-state index in [0.29, 0.717) is 26.1 Å². The molecule has 5 nitrogen and oxygen atoms in total. The zero-order valence-electron chi connectivity index (χ0n) is 17.2. The largest absolute Gasteiger partial charge is 0.392 e. The number of rotatable bonds is 4. The molecule has 0 aromatic heterocycles. The van der Waals surface area contributed by atoms with Gasteiger partial charge in [-0.05, 0) is 24.6 Å². The van der Waals surface area contributed by atoms with Crippen molar-refractivity contribution in [3.05, 3.63) is 71.8 Å². The third kappa shape index (κ3) is 4.53. The molecule has 2 aliphatic rings. The molecule has 0 radical (unpaired) electrons. The number of piperidine rings is 1. The molecular formula is C24H31N3O2. The van der Waals surface area contributed by atoms with Gasteiger partial charge in [0, 0.05) is 39.3 Å². The first kappa shape index (κ1) is 20.1. The van der Waals surface area contributed by atoms with Gasteiger partial charge in [0.2, 0.25) is 5.91 Å². The molecule has 2 fully saturated rings. The van der Waals surface area contributed by atoms with Crippen LogP contribution in [0.5, 0.6) is 0 Å². The minimum Gasteiger partial charge on any atom is -0.392 e. The maximum atomic E-state index is 13.0. The molecule has 1 amide bonds. The molecule has 5 heteroatoms. The number of piperazine rings is 1. The van der Waals surface area contributed by atoms with Gasteiger partial charge in [-0.3, -0.25) is 9.69 Å². The van der Waals surface area contributed by atoms with Gasteiger partial charge in [-0.2, -0.15) is 0 Å². The summed E-state index contributed by atoms with van der Waals surface area (Å²) < 4.78 is 0. The maximum Gasteiger partial charge on any atom is 0.229 e. The Bertz CT molecular complexity index is 751. The van der Waals surface area contributed by atoms with Crippen molar-refractivity contribution < 1.29 is 9.90 Å². The Morgan fingerprint density at radius 3 is 2.00 bits per heavy atom. The molecule has 2 aromatic carbocycles. The Morgan fingerprint density at radius 1 is 0.897 bits per heavy atom. The Kier molecular flexibility index (Phi) is 6.28. The summed E-state index contributed by atoms with van der Waals surface area (Å²) in [6.07, 6.45) is 0.162. The van der Waals surface area contributed by atoms with Crippen LogP contribution in [0.2, 0.25) is 0 Å². The predicted octanol–water partition coefficient (Wildman–Crippen LogP) is 2.23. The molecule has 2 aliphatic heterocycles. The molecule has 29 heavy (non-hydrogen) atoms. The lowest BCUT2D eigenvalue weighted by atomic mass is 9.93. The van der Waals surface area contributed by atoms with Crippen LogP contribution in [0, 0.1) is 5.92 Å². The molecule has 0 unspecified atom stereocenters. The van der Waals surface area contributed by atoms with E-state index in [1.165, 1.54) is 11.1 Å². The van der Waals surface area contributed by atoms with Gasteiger partial charge in [0.25, 0.3) is 0 Å². The van der Waals surface area contributed by atoms with Crippen LogP contribution in [0.1, 0.15) is 23.6 Å². The third-order valence-corrected chi connectivity index (χ3v) is 6.32. The van der Waals surface area contributed by atoms with Gasteiger partial charge in [0.1, 0.15) is 0 Å². The van der Waals surface area contributed by atoms with E-state index in [4.69, 9.17) is 0 Å². The lowest BCUT2D eigenvalue weighted by molar-refractivity contribution is -0.144. The van der Waals surface area contributed by atoms with E-state index >= 15 is 0 Å². The van der Waals surface area contributed by atoms with Crippen molar-refractivity contribution in [2.45, 2.75) is 18.6 Å². The van der Waals surface area contributed by atoms with Gasteiger partial charge < -0.3 is 14.9 Å². The second kappa shape index (κ2) is 9.08. The number of amides is 1. The third-order valence-electron chi connectivity index (χ3n) is 6.32. The number of aliphatic hydroxyl groups excluding tert-OH is 1. The second-order valence-corrected chi connectivity index (χ2v) is 8.31. The zero-order chi connectivity index (χ0) is 20.2. The molecular weight excluding hydrogens is 362 g/mol. The summed E-state index contributed by atoms with van der Waals surface area (Å²) in [7, 11) is 2.02. The number of aliphatic hydroxyl groups is 1. The van der Waals surface area contributed by atoms with Crippen LogP contribution >= 0.6 is 0 Å². The van der Waals surface area contributed by atoms with Crippen molar-refractivity contribution in [1.29, 1.82) is 0 Å². The molecule has 0 spiro atoms. The van der Waals surface area contributed by atoms with Crippen LogP contribution < -0.4 is 0 Å². The number of hydrogen-bond acceptors (Lipinski definition) is 4. The fraction of sp³-hybridized carbons (Fsp3) is 0.458. The molecule has 1 N–H and O–H groups in total. The first-order valence-electron chi connectivity index (χ1n) is 10.6. The lowest BCUT2D eigenvalue weighted by Crippen LogP contribution is -2.55. The fourth-order valence-electron chi connectivity index (χ4n) is 4.67. The van der Waals surface area contributed by atoms with Crippen molar-refractivity contribution in [3.8, 4) is 0 Å². The van der Waals surface area contributed by atoms with E-state index in [1.54, 1.807) is 0 Å². The number of hydrogen-bond donors (Lipinski definition) is 1. The van der Waals surface area contributed by atoms with Crippen LogP contribution in [0.15, 0.2) is 60.7 Å². The molecule has 154 valence electrons. The van der Waals surface area contributed by atoms with Crippen LogP contribution in [0.25, 0.3) is 0 Å². The molecule has 0 bridgehead atoms. The Hall–Kier alpha value is -2.21. The summed E-state index contributed by atoms with van der Waals surface area (Å²) in [5, 5.41) is 10.3. The van der Waals surface area contributed by atoms with E-state index in [1.807, 2.05) is 11.9 Å². The van der Waals surface area contributed by atoms with E-state index < -0.39 is 6.10 Å². The van der Waals surface area contributed by atoms with Crippen LogP contribution in [-0.2, 0) is 4.79 Å².